The van der Waals surface area contributed by atoms with Crippen LogP contribution >= 0.6 is 0 Å². The first-order valence-electron chi connectivity index (χ1n) is 11.5. The van der Waals surface area contributed by atoms with E-state index in [-0.39, 0.29) is 18.4 Å². The lowest BCUT2D eigenvalue weighted by atomic mass is 9.86. The highest BCUT2D eigenvalue weighted by molar-refractivity contribution is 6.07. The summed E-state index contributed by atoms with van der Waals surface area (Å²) in [5.74, 6) is -1.43. The van der Waals surface area contributed by atoms with Gasteiger partial charge >= 0.3 is 0 Å². The summed E-state index contributed by atoms with van der Waals surface area (Å²) in [5, 5.41) is 31.2. The third kappa shape index (κ3) is 5.58. The monoisotopic (exact) mass is 420 g/mol. The smallest absolute Gasteiger partial charge is 0.237 e. The molecule has 2 amide bonds. The van der Waals surface area contributed by atoms with E-state index in [1.165, 1.54) is 30.6 Å². The van der Waals surface area contributed by atoms with Crippen molar-refractivity contribution in [3.63, 3.8) is 0 Å². The van der Waals surface area contributed by atoms with Gasteiger partial charge in [0.15, 0.2) is 0 Å². The van der Waals surface area contributed by atoms with Gasteiger partial charge in [-0.2, -0.15) is 0 Å². The lowest BCUT2D eigenvalue weighted by molar-refractivity contribution is -0.149. The van der Waals surface area contributed by atoms with Gasteiger partial charge < -0.3 is 15.3 Å². The minimum absolute atomic E-state index is 0.239. The molecule has 0 aromatic rings. The first kappa shape index (κ1) is 23.1. The van der Waals surface area contributed by atoms with Crippen molar-refractivity contribution in [3.8, 4) is 0 Å². The van der Waals surface area contributed by atoms with E-state index in [2.05, 4.69) is 5.32 Å². The summed E-state index contributed by atoms with van der Waals surface area (Å²) in [6, 6.07) is -0.623. The number of carbonyl (C=O) groups is 2. The molecule has 2 fully saturated rings. The number of aliphatic hydroxyl groups excluding tert-OH is 3. The summed E-state index contributed by atoms with van der Waals surface area (Å²) in [7, 11) is 0. The zero-order chi connectivity index (χ0) is 21.5. The molecule has 0 spiro atoms. The number of aliphatic hydroxyl groups is 3. The highest BCUT2D eigenvalue weighted by Crippen LogP contribution is 2.37. The topological polar surface area (TPSA) is 110 Å². The van der Waals surface area contributed by atoms with E-state index in [9.17, 15) is 19.8 Å². The molecular weight excluding hydrogens is 384 g/mol. The number of hydrogen-bond donors (Lipinski definition) is 4. The van der Waals surface area contributed by atoms with E-state index in [1.807, 2.05) is 18.2 Å². The SMILES string of the molecule is O=C1C2C=CC(CCCCCCCCCCO)=CC2C(=O)N1C1CCC(O)NC1O. The van der Waals surface area contributed by atoms with Crippen LogP contribution in [0, 0.1) is 11.8 Å². The first-order chi connectivity index (χ1) is 14.5. The molecule has 2 heterocycles. The van der Waals surface area contributed by atoms with Gasteiger partial charge in [-0.15, -0.1) is 0 Å². The van der Waals surface area contributed by atoms with Gasteiger partial charge in [0.05, 0.1) is 17.9 Å². The largest absolute Gasteiger partial charge is 0.396 e. The zero-order valence-corrected chi connectivity index (χ0v) is 17.7. The average molecular weight is 421 g/mol. The molecule has 0 bridgehead atoms. The number of imide groups is 1. The summed E-state index contributed by atoms with van der Waals surface area (Å²) in [4.78, 5) is 27.0. The van der Waals surface area contributed by atoms with Crippen molar-refractivity contribution in [2.24, 2.45) is 11.8 Å². The number of allylic oxidation sites excluding steroid dienone is 2. The fourth-order valence-electron chi connectivity index (χ4n) is 4.77. The Hall–Kier alpha value is -1.54. The Labute approximate surface area is 178 Å². The van der Waals surface area contributed by atoms with Crippen molar-refractivity contribution >= 4 is 11.8 Å². The second-order valence-electron chi connectivity index (χ2n) is 8.77. The van der Waals surface area contributed by atoms with Gasteiger partial charge in [0.25, 0.3) is 0 Å². The predicted molar refractivity (Wildman–Crippen MR) is 113 cm³/mol. The van der Waals surface area contributed by atoms with Crippen molar-refractivity contribution in [1.82, 2.24) is 10.2 Å². The molecule has 30 heavy (non-hydrogen) atoms. The number of piperidine rings is 1. The van der Waals surface area contributed by atoms with Gasteiger partial charge in [-0.25, -0.2) is 0 Å². The average Bonchev–Trinajstić information content (AvgIpc) is 2.97. The predicted octanol–water partition coefficient (Wildman–Crippen LogP) is 1.98. The molecule has 0 aromatic heterocycles. The normalized spacial score (nSPS) is 31.2. The van der Waals surface area contributed by atoms with E-state index in [1.54, 1.807) is 0 Å². The van der Waals surface area contributed by atoms with Crippen LogP contribution in [0.15, 0.2) is 23.8 Å². The van der Waals surface area contributed by atoms with E-state index < -0.39 is 30.3 Å². The summed E-state index contributed by atoms with van der Waals surface area (Å²) < 4.78 is 0. The Bertz CT molecular complexity index is 662. The molecule has 7 nitrogen and oxygen atoms in total. The van der Waals surface area contributed by atoms with E-state index in [0.717, 1.165) is 37.7 Å². The Morgan fingerprint density at radius 1 is 0.900 bits per heavy atom. The van der Waals surface area contributed by atoms with Crippen LogP contribution in [0.2, 0.25) is 0 Å². The summed E-state index contributed by atoms with van der Waals surface area (Å²) in [5.41, 5.74) is 1.11. The Morgan fingerprint density at radius 3 is 2.20 bits per heavy atom. The summed E-state index contributed by atoms with van der Waals surface area (Å²) >= 11 is 0. The van der Waals surface area contributed by atoms with Crippen LogP contribution in [0.5, 0.6) is 0 Å². The molecule has 2 aliphatic heterocycles. The number of nitrogens with one attached hydrogen (secondary N) is 1. The number of unbranched alkanes of at least 4 members (excludes halogenated alkanes) is 7. The number of nitrogens with zero attached hydrogens (tertiary/aromatic N) is 1. The molecule has 3 rings (SSSR count). The Morgan fingerprint density at radius 2 is 1.53 bits per heavy atom. The number of carbonyl (C=O) groups excluding carboxylic acids is 2. The molecule has 2 saturated heterocycles. The molecule has 5 atom stereocenters. The second-order valence-corrected chi connectivity index (χ2v) is 8.77. The van der Waals surface area contributed by atoms with Gasteiger partial charge in [-0.1, -0.05) is 62.3 Å². The number of amides is 2. The lowest BCUT2D eigenvalue weighted by Gasteiger charge is -2.36. The van der Waals surface area contributed by atoms with E-state index in [0.29, 0.717) is 12.8 Å². The summed E-state index contributed by atoms with van der Waals surface area (Å²) in [6.45, 7) is 0.289. The first-order valence-corrected chi connectivity index (χ1v) is 11.5. The van der Waals surface area contributed by atoms with Crippen LogP contribution in [0.25, 0.3) is 0 Å². The fraction of sp³-hybridized carbons (Fsp3) is 0.739. The van der Waals surface area contributed by atoms with Crippen molar-refractivity contribution in [1.29, 1.82) is 0 Å². The quantitative estimate of drug-likeness (QED) is 0.301. The number of hydrogen-bond acceptors (Lipinski definition) is 6. The standard InChI is InChI=1S/C23H36N2O5/c26-14-8-6-4-2-1-3-5-7-9-16-10-11-17-18(15-16)23(30)25(22(17)29)19-12-13-20(27)24-21(19)28/h10-11,15,17-21,24,26-28H,1-9,12-14H2. The van der Waals surface area contributed by atoms with Crippen molar-refractivity contribution in [2.75, 3.05) is 6.61 Å². The molecule has 168 valence electrons. The lowest BCUT2D eigenvalue weighted by Crippen LogP contribution is -2.58. The van der Waals surface area contributed by atoms with Crippen LogP contribution in [0.3, 0.4) is 0 Å². The molecule has 1 aliphatic carbocycles. The Balaban J connectivity index is 1.45. The number of likely N-dealkylation sites (tertiary alicyclic amines) is 1. The van der Waals surface area contributed by atoms with E-state index >= 15 is 0 Å². The van der Waals surface area contributed by atoms with Crippen molar-refractivity contribution in [3.05, 3.63) is 23.8 Å². The minimum atomic E-state index is -1.10. The van der Waals surface area contributed by atoms with Crippen LogP contribution in [0.1, 0.15) is 70.6 Å². The van der Waals surface area contributed by atoms with Gasteiger partial charge in [0.1, 0.15) is 12.5 Å². The molecule has 0 radical (unpaired) electrons. The minimum Gasteiger partial charge on any atom is -0.396 e. The molecule has 3 aliphatic rings. The Kier molecular flexibility index (Phi) is 8.62. The highest BCUT2D eigenvalue weighted by Gasteiger charge is 2.51. The second kappa shape index (κ2) is 11.2. The summed E-state index contributed by atoms with van der Waals surface area (Å²) in [6.07, 6.45) is 14.6. The van der Waals surface area contributed by atoms with Crippen molar-refractivity contribution < 1.29 is 24.9 Å². The molecule has 0 saturated carbocycles. The maximum absolute atomic E-state index is 13.0. The molecule has 5 unspecified atom stereocenters. The van der Waals surface area contributed by atoms with Gasteiger partial charge in [-0.05, 0) is 32.1 Å². The highest BCUT2D eigenvalue weighted by atomic mass is 16.3. The van der Waals surface area contributed by atoms with Crippen LogP contribution < -0.4 is 5.32 Å². The molecule has 0 aromatic carbocycles. The van der Waals surface area contributed by atoms with Crippen LogP contribution in [-0.4, -0.2) is 57.1 Å². The molecular formula is C23H36N2O5. The van der Waals surface area contributed by atoms with Gasteiger partial charge in [-0.3, -0.25) is 19.8 Å². The van der Waals surface area contributed by atoms with E-state index in [4.69, 9.17) is 5.11 Å². The van der Waals surface area contributed by atoms with Crippen LogP contribution in [-0.2, 0) is 9.59 Å². The number of rotatable bonds is 11. The van der Waals surface area contributed by atoms with Crippen LogP contribution in [0.4, 0.5) is 0 Å². The third-order valence-corrected chi connectivity index (χ3v) is 6.51. The third-order valence-electron chi connectivity index (χ3n) is 6.51. The zero-order valence-electron chi connectivity index (χ0n) is 17.7. The maximum Gasteiger partial charge on any atom is 0.237 e. The van der Waals surface area contributed by atoms with Gasteiger partial charge in [0, 0.05) is 6.61 Å². The van der Waals surface area contributed by atoms with Crippen molar-refractivity contribution in [2.45, 2.75) is 89.1 Å². The number of fused-ring (bicyclic) bond motifs is 1. The fourth-order valence-corrected chi connectivity index (χ4v) is 4.77. The molecule has 4 N–H and O–H groups in total. The van der Waals surface area contributed by atoms with Gasteiger partial charge in [0.2, 0.25) is 11.8 Å². The maximum atomic E-state index is 13.0. The molecule has 7 heteroatoms.